The molecule has 0 fully saturated rings. The third-order valence-electron chi connectivity index (χ3n) is 2.60. The lowest BCUT2D eigenvalue weighted by atomic mass is 10.1. The van der Waals surface area contributed by atoms with Crippen LogP contribution < -0.4 is 10.6 Å². The van der Waals surface area contributed by atoms with Gasteiger partial charge in [0.25, 0.3) is 0 Å². The van der Waals surface area contributed by atoms with E-state index in [0.29, 0.717) is 12.1 Å². The second kappa shape index (κ2) is 6.06. The van der Waals surface area contributed by atoms with Crippen LogP contribution in [0.25, 0.3) is 0 Å². The molecular weight excluding hydrogens is 240 g/mol. The van der Waals surface area contributed by atoms with Crippen molar-refractivity contribution in [1.82, 2.24) is 15.3 Å². The van der Waals surface area contributed by atoms with Crippen LogP contribution in [0, 0.1) is 0 Å². The van der Waals surface area contributed by atoms with E-state index in [2.05, 4.69) is 20.6 Å². The van der Waals surface area contributed by atoms with Gasteiger partial charge in [0.1, 0.15) is 11.6 Å². The molecule has 0 saturated heterocycles. The highest BCUT2D eigenvalue weighted by atomic mass is 16.1. The van der Waals surface area contributed by atoms with Crippen LogP contribution in [0.3, 0.4) is 0 Å². The molecule has 5 nitrogen and oxygen atoms in total. The second-order valence-corrected chi connectivity index (χ2v) is 4.15. The molecule has 0 bridgehead atoms. The summed E-state index contributed by atoms with van der Waals surface area (Å²) in [7, 11) is 1.85. The largest absolute Gasteiger partial charge is 0.340 e. The molecule has 0 aliphatic carbocycles. The van der Waals surface area contributed by atoms with Crippen LogP contribution in [0.1, 0.15) is 23.1 Å². The molecule has 1 aromatic heterocycles. The van der Waals surface area contributed by atoms with E-state index in [1.54, 1.807) is 31.3 Å². The van der Waals surface area contributed by atoms with Crippen molar-refractivity contribution < 1.29 is 4.79 Å². The van der Waals surface area contributed by atoms with Gasteiger partial charge in [-0.05, 0) is 44.3 Å². The van der Waals surface area contributed by atoms with Crippen LogP contribution in [-0.4, -0.2) is 22.8 Å². The first kappa shape index (κ1) is 13.2. The number of nitrogens with zero attached hydrogens (tertiary/aromatic N) is 2. The SMILES string of the molecule is CNCc1nccc(Nc2ccc(C(C)=O)cc2)n1. The molecule has 0 amide bonds. The Labute approximate surface area is 112 Å². The first-order valence-corrected chi connectivity index (χ1v) is 6.03. The van der Waals surface area contributed by atoms with Gasteiger partial charge in [-0.3, -0.25) is 4.79 Å². The molecule has 1 aromatic carbocycles. The molecule has 0 radical (unpaired) electrons. The lowest BCUT2D eigenvalue weighted by Crippen LogP contribution is -2.09. The first-order valence-electron chi connectivity index (χ1n) is 6.03. The number of carbonyl (C=O) groups excluding carboxylic acids is 1. The number of rotatable bonds is 5. The highest BCUT2D eigenvalue weighted by Crippen LogP contribution is 2.15. The minimum absolute atomic E-state index is 0.0601. The van der Waals surface area contributed by atoms with Gasteiger partial charge in [-0.2, -0.15) is 0 Å². The van der Waals surface area contributed by atoms with Gasteiger partial charge in [-0.1, -0.05) is 0 Å². The molecule has 0 aliphatic heterocycles. The molecule has 0 aliphatic rings. The highest BCUT2D eigenvalue weighted by Gasteiger charge is 2.01. The number of hydrogen-bond donors (Lipinski definition) is 2. The molecule has 0 saturated carbocycles. The zero-order valence-electron chi connectivity index (χ0n) is 11.0. The zero-order valence-corrected chi connectivity index (χ0v) is 11.0. The van der Waals surface area contributed by atoms with Crippen molar-refractivity contribution >= 4 is 17.3 Å². The van der Waals surface area contributed by atoms with Gasteiger partial charge in [-0.25, -0.2) is 9.97 Å². The fourth-order valence-electron chi connectivity index (χ4n) is 1.65. The average molecular weight is 256 g/mol. The Morgan fingerprint density at radius 1 is 1.21 bits per heavy atom. The molecule has 19 heavy (non-hydrogen) atoms. The number of anilines is 2. The van der Waals surface area contributed by atoms with Gasteiger partial charge in [0.2, 0.25) is 0 Å². The maximum absolute atomic E-state index is 11.2. The molecule has 1 heterocycles. The van der Waals surface area contributed by atoms with Crippen molar-refractivity contribution in [2.24, 2.45) is 0 Å². The molecule has 5 heteroatoms. The van der Waals surface area contributed by atoms with E-state index >= 15 is 0 Å². The van der Waals surface area contributed by atoms with E-state index < -0.39 is 0 Å². The summed E-state index contributed by atoms with van der Waals surface area (Å²) in [5, 5.41) is 6.18. The molecular formula is C14H16N4O. The van der Waals surface area contributed by atoms with Gasteiger partial charge in [0.15, 0.2) is 5.78 Å². The standard InChI is InChI=1S/C14H16N4O/c1-10(19)11-3-5-12(6-4-11)17-13-7-8-16-14(18-13)9-15-2/h3-8,15H,9H2,1-2H3,(H,16,17,18). The number of benzene rings is 1. The van der Waals surface area contributed by atoms with E-state index in [1.807, 2.05) is 19.2 Å². The maximum atomic E-state index is 11.2. The molecule has 0 atom stereocenters. The van der Waals surface area contributed by atoms with Gasteiger partial charge in [-0.15, -0.1) is 0 Å². The van der Waals surface area contributed by atoms with Crippen LogP contribution >= 0.6 is 0 Å². The molecule has 2 rings (SSSR count). The molecule has 0 unspecified atom stereocenters. The number of Topliss-reactive ketones (excluding diaryl/α,β-unsaturated/α-hetero) is 1. The van der Waals surface area contributed by atoms with E-state index in [1.165, 1.54) is 0 Å². The van der Waals surface area contributed by atoms with E-state index in [0.717, 1.165) is 17.3 Å². The average Bonchev–Trinajstić information content (AvgIpc) is 2.40. The summed E-state index contributed by atoms with van der Waals surface area (Å²) in [4.78, 5) is 19.7. The van der Waals surface area contributed by atoms with Gasteiger partial charge >= 0.3 is 0 Å². The fourth-order valence-corrected chi connectivity index (χ4v) is 1.65. The summed E-state index contributed by atoms with van der Waals surface area (Å²) in [6.45, 7) is 2.18. The van der Waals surface area contributed by atoms with Gasteiger partial charge in [0.05, 0.1) is 6.54 Å². The normalized spacial score (nSPS) is 10.2. The minimum Gasteiger partial charge on any atom is -0.340 e. The second-order valence-electron chi connectivity index (χ2n) is 4.15. The zero-order chi connectivity index (χ0) is 13.7. The number of ketones is 1. The Kier molecular flexibility index (Phi) is 4.20. The Balaban J connectivity index is 2.12. The summed E-state index contributed by atoms with van der Waals surface area (Å²) in [5.41, 5.74) is 1.59. The van der Waals surface area contributed by atoms with Crippen molar-refractivity contribution in [2.45, 2.75) is 13.5 Å². The van der Waals surface area contributed by atoms with Crippen molar-refractivity contribution in [3.8, 4) is 0 Å². The number of aromatic nitrogens is 2. The van der Waals surface area contributed by atoms with Crippen molar-refractivity contribution in [2.75, 3.05) is 12.4 Å². The topological polar surface area (TPSA) is 66.9 Å². The third-order valence-corrected chi connectivity index (χ3v) is 2.60. The maximum Gasteiger partial charge on any atom is 0.159 e. The van der Waals surface area contributed by atoms with E-state index in [4.69, 9.17) is 0 Å². The van der Waals surface area contributed by atoms with Crippen LogP contribution in [-0.2, 0) is 6.54 Å². The van der Waals surface area contributed by atoms with Gasteiger partial charge < -0.3 is 10.6 Å². The Morgan fingerprint density at radius 2 is 1.95 bits per heavy atom. The number of carbonyl (C=O) groups is 1. The van der Waals surface area contributed by atoms with Crippen molar-refractivity contribution in [3.05, 3.63) is 47.9 Å². The summed E-state index contributed by atoms with van der Waals surface area (Å²) >= 11 is 0. The first-order chi connectivity index (χ1) is 9.19. The number of nitrogens with one attached hydrogen (secondary N) is 2. The fraction of sp³-hybridized carbons (Fsp3) is 0.214. The van der Waals surface area contributed by atoms with Crippen LogP contribution in [0.5, 0.6) is 0 Å². The number of hydrogen-bond acceptors (Lipinski definition) is 5. The molecule has 0 spiro atoms. The lowest BCUT2D eigenvalue weighted by Gasteiger charge is -2.07. The summed E-state index contributed by atoms with van der Waals surface area (Å²) < 4.78 is 0. The third kappa shape index (κ3) is 3.59. The van der Waals surface area contributed by atoms with Gasteiger partial charge in [0, 0.05) is 17.4 Å². The molecule has 2 N–H and O–H groups in total. The summed E-state index contributed by atoms with van der Waals surface area (Å²) in [6.07, 6.45) is 1.71. The quantitative estimate of drug-likeness (QED) is 0.802. The highest BCUT2D eigenvalue weighted by molar-refractivity contribution is 5.94. The summed E-state index contributed by atoms with van der Waals surface area (Å²) in [5.74, 6) is 1.52. The predicted octanol–water partition coefficient (Wildman–Crippen LogP) is 2.14. The lowest BCUT2D eigenvalue weighted by molar-refractivity contribution is 0.101. The predicted molar refractivity (Wildman–Crippen MR) is 74.5 cm³/mol. The van der Waals surface area contributed by atoms with Crippen LogP contribution in [0.15, 0.2) is 36.5 Å². The molecule has 98 valence electrons. The van der Waals surface area contributed by atoms with Crippen LogP contribution in [0.4, 0.5) is 11.5 Å². The van der Waals surface area contributed by atoms with Crippen molar-refractivity contribution in [1.29, 1.82) is 0 Å². The van der Waals surface area contributed by atoms with E-state index in [-0.39, 0.29) is 5.78 Å². The van der Waals surface area contributed by atoms with E-state index in [9.17, 15) is 4.79 Å². The van der Waals surface area contributed by atoms with Crippen molar-refractivity contribution in [3.63, 3.8) is 0 Å². The molecule has 2 aromatic rings. The Morgan fingerprint density at radius 3 is 2.58 bits per heavy atom. The monoisotopic (exact) mass is 256 g/mol. The smallest absolute Gasteiger partial charge is 0.159 e. The Hall–Kier alpha value is -2.27. The summed E-state index contributed by atoms with van der Waals surface area (Å²) in [6, 6.07) is 9.10. The Bertz CT molecular complexity index is 566. The van der Waals surface area contributed by atoms with Crippen LogP contribution in [0.2, 0.25) is 0 Å². The minimum atomic E-state index is 0.0601.